The lowest BCUT2D eigenvalue weighted by atomic mass is 10.00. The van der Waals surface area contributed by atoms with Crippen LogP contribution in [0.25, 0.3) is 0 Å². The molecule has 0 aliphatic carbocycles. The van der Waals surface area contributed by atoms with E-state index in [-0.39, 0.29) is 0 Å². The summed E-state index contributed by atoms with van der Waals surface area (Å²) in [6.07, 6.45) is 19.3. The van der Waals surface area contributed by atoms with E-state index in [9.17, 15) is 0 Å². The molecule has 0 fully saturated rings. The van der Waals surface area contributed by atoms with E-state index >= 15 is 0 Å². The van der Waals surface area contributed by atoms with Crippen molar-refractivity contribution < 1.29 is 4.57 Å². The topological polar surface area (TPSA) is 3.88 Å². The molecule has 0 radical (unpaired) electrons. The van der Waals surface area contributed by atoms with E-state index in [2.05, 4.69) is 43.8 Å². The summed E-state index contributed by atoms with van der Waals surface area (Å²) in [7, 11) is 0. The maximum atomic E-state index is 2.43. The fourth-order valence-corrected chi connectivity index (χ4v) is 2.86. The summed E-state index contributed by atoms with van der Waals surface area (Å²) in [4.78, 5) is 0. The molecule has 0 saturated heterocycles. The fraction of sp³-hybridized carbons (Fsp3) is 0.750. The molecule has 0 aliphatic rings. The zero-order valence-electron chi connectivity index (χ0n) is 14.7. The van der Waals surface area contributed by atoms with E-state index in [1.54, 1.807) is 11.1 Å². The molecule has 1 aromatic rings. The third-order valence-corrected chi connectivity index (χ3v) is 4.32. The third kappa shape index (κ3) is 7.64. The molecule has 0 N–H and O–H groups in total. The highest BCUT2D eigenvalue weighted by molar-refractivity contribution is 5.21. The normalized spacial score (nSPS) is 11.0. The molecule has 0 unspecified atom stereocenters. The van der Waals surface area contributed by atoms with Crippen molar-refractivity contribution in [1.82, 2.24) is 0 Å². The standard InChI is InChI=1S/C20H36N/c1-4-7-10-11-12-16-21-17-15-19(13-8-5-2)20(18-21)14-9-6-3/h15,17-18H,4-14,16H2,1-3H3/q+1. The minimum atomic E-state index is 1.19. The largest absolute Gasteiger partial charge is 0.205 e. The van der Waals surface area contributed by atoms with Gasteiger partial charge in [-0.15, -0.1) is 0 Å². The van der Waals surface area contributed by atoms with Gasteiger partial charge in [0, 0.05) is 18.1 Å². The van der Waals surface area contributed by atoms with E-state index < -0.39 is 0 Å². The summed E-state index contributed by atoms with van der Waals surface area (Å²) in [5.74, 6) is 0. The Balaban J connectivity index is 2.55. The van der Waals surface area contributed by atoms with Gasteiger partial charge in [0.2, 0.25) is 0 Å². The van der Waals surface area contributed by atoms with Gasteiger partial charge in [-0.1, -0.05) is 52.9 Å². The van der Waals surface area contributed by atoms with E-state index in [0.717, 1.165) is 0 Å². The predicted molar refractivity (Wildman–Crippen MR) is 92.6 cm³/mol. The van der Waals surface area contributed by atoms with Crippen molar-refractivity contribution in [3.8, 4) is 0 Å². The quantitative estimate of drug-likeness (QED) is 0.347. The third-order valence-electron chi connectivity index (χ3n) is 4.32. The van der Waals surface area contributed by atoms with Crippen molar-refractivity contribution in [3.05, 3.63) is 29.6 Å². The fourth-order valence-electron chi connectivity index (χ4n) is 2.86. The Morgan fingerprint density at radius 3 is 2.00 bits per heavy atom. The molecule has 0 bridgehead atoms. The van der Waals surface area contributed by atoms with Crippen LogP contribution in [0.3, 0.4) is 0 Å². The van der Waals surface area contributed by atoms with Crippen LogP contribution >= 0.6 is 0 Å². The van der Waals surface area contributed by atoms with Gasteiger partial charge >= 0.3 is 0 Å². The van der Waals surface area contributed by atoms with Crippen LogP contribution in [0.5, 0.6) is 0 Å². The molecule has 0 aromatic carbocycles. The van der Waals surface area contributed by atoms with E-state index in [1.165, 1.54) is 77.2 Å². The summed E-state index contributed by atoms with van der Waals surface area (Å²) in [5, 5.41) is 0. The van der Waals surface area contributed by atoms with Crippen molar-refractivity contribution in [2.24, 2.45) is 0 Å². The number of aromatic nitrogens is 1. The lowest BCUT2D eigenvalue weighted by Crippen LogP contribution is -2.33. The van der Waals surface area contributed by atoms with Crippen LogP contribution in [-0.2, 0) is 19.4 Å². The average Bonchev–Trinajstić information content (AvgIpc) is 2.51. The van der Waals surface area contributed by atoms with Gasteiger partial charge in [0.25, 0.3) is 0 Å². The first-order valence-electron chi connectivity index (χ1n) is 9.32. The van der Waals surface area contributed by atoms with E-state index in [0.29, 0.717) is 0 Å². The molecular formula is C20H36N+. The molecule has 0 atom stereocenters. The minimum absolute atomic E-state index is 1.19. The number of hydrogen-bond donors (Lipinski definition) is 0. The van der Waals surface area contributed by atoms with Crippen molar-refractivity contribution in [3.63, 3.8) is 0 Å². The van der Waals surface area contributed by atoms with Gasteiger partial charge in [0.05, 0.1) is 0 Å². The number of pyridine rings is 1. The zero-order valence-corrected chi connectivity index (χ0v) is 14.7. The molecule has 1 nitrogen and oxygen atoms in total. The molecule has 0 saturated carbocycles. The lowest BCUT2D eigenvalue weighted by Gasteiger charge is -2.08. The van der Waals surface area contributed by atoms with Crippen molar-refractivity contribution in [1.29, 1.82) is 0 Å². The van der Waals surface area contributed by atoms with Gasteiger partial charge in [0.15, 0.2) is 12.4 Å². The first-order chi connectivity index (χ1) is 10.3. The van der Waals surface area contributed by atoms with Gasteiger partial charge in [0.1, 0.15) is 6.54 Å². The summed E-state index contributed by atoms with van der Waals surface area (Å²) >= 11 is 0. The number of hydrogen-bond acceptors (Lipinski definition) is 0. The number of aryl methyl sites for hydroxylation is 3. The molecule has 0 aliphatic heterocycles. The Labute approximate surface area is 132 Å². The van der Waals surface area contributed by atoms with Crippen molar-refractivity contribution in [2.45, 2.75) is 97.9 Å². The van der Waals surface area contributed by atoms with Crippen LogP contribution in [-0.4, -0.2) is 0 Å². The molecular weight excluding hydrogens is 254 g/mol. The van der Waals surface area contributed by atoms with Crippen LogP contribution in [0, 0.1) is 0 Å². The highest BCUT2D eigenvalue weighted by Gasteiger charge is 2.09. The minimum Gasteiger partial charge on any atom is -0.205 e. The highest BCUT2D eigenvalue weighted by atomic mass is 14.9. The summed E-state index contributed by atoms with van der Waals surface area (Å²) in [6, 6.07) is 2.38. The number of rotatable bonds is 12. The van der Waals surface area contributed by atoms with Crippen LogP contribution < -0.4 is 4.57 Å². The summed E-state index contributed by atoms with van der Waals surface area (Å²) < 4.78 is 2.42. The Morgan fingerprint density at radius 1 is 0.714 bits per heavy atom. The molecule has 21 heavy (non-hydrogen) atoms. The molecule has 1 heterocycles. The van der Waals surface area contributed by atoms with E-state index in [4.69, 9.17) is 0 Å². The second-order valence-corrected chi connectivity index (χ2v) is 6.35. The van der Waals surface area contributed by atoms with Gasteiger partial charge < -0.3 is 0 Å². The average molecular weight is 291 g/mol. The first kappa shape index (κ1) is 18.2. The predicted octanol–water partition coefficient (Wildman–Crippen LogP) is 5.63. The lowest BCUT2D eigenvalue weighted by molar-refractivity contribution is -0.697. The molecule has 0 spiro atoms. The van der Waals surface area contributed by atoms with Crippen LogP contribution in [0.4, 0.5) is 0 Å². The molecule has 1 aromatic heterocycles. The molecule has 1 rings (SSSR count). The summed E-state index contributed by atoms with van der Waals surface area (Å²) in [6.45, 7) is 8.04. The van der Waals surface area contributed by atoms with Gasteiger partial charge in [-0.05, 0) is 37.7 Å². The van der Waals surface area contributed by atoms with Crippen molar-refractivity contribution in [2.75, 3.05) is 0 Å². The second kappa shape index (κ2) is 11.8. The van der Waals surface area contributed by atoms with Crippen LogP contribution in [0.2, 0.25) is 0 Å². The highest BCUT2D eigenvalue weighted by Crippen LogP contribution is 2.13. The van der Waals surface area contributed by atoms with Crippen LogP contribution in [0.15, 0.2) is 18.5 Å². The maximum absolute atomic E-state index is 2.43. The molecule has 120 valence electrons. The maximum Gasteiger partial charge on any atom is 0.172 e. The van der Waals surface area contributed by atoms with Crippen molar-refractivity contribution >= 4 is 0 Å². The van der Waals surface area contributed by atoms with Crippen LogP contribution in [0.1, 0.15) is 89.7 Å². The SMILES string of the molecule is CCCCCCC[n+]1ccc(CCCC)c(CCCC)c1. The number of nitrogens with zero attached hydrogens (tertiary/aromatic N) is 1. The Bertz CT molecular complexity index is 370. The van der Waals surface area contributed by atoms with Gasteiger partial charge in [-0.3, -0.25) is 0 Å². The smallest absolute Gasteiger partial charge is 0.172 e. The van der Waals surface area contributed by atoms with Gasteiger partial charge in [-0.25, -0.2) is 4.57 Å². The second-order valence-electron chi connectivity index (χ2n) is 6.35. The van der Waals surface area contributed by atoms with Gasteiger partial charge in [-0.2, -0.15) is 0 Å². The number of unbranched alkanes of at least 4 members (excludes halogenated alkanes) is 6. The Morgan fingerprint density at radius 2 is 1.33 bits per heavy atom. The van der Waals surface area contributed by atoms with E-state index in [1.807, 2.05) is 0 Å². The Hall–Kier alpha value is -0.850. The zero-order chi connectivity index (χ0) is 15.3. The molecule has 1 heteroatoms. The first-order valence-corrected chi connectivity index (χ1v) is 9.32. The summed E-state index contributed by atoms with van der Waals surface area (Å²) in [5.41, 5.74) is 3.19. The Kier molecular flexibility index (Phi) is 10.2. The molecule has 0 amide bonds. The monoisotopic (exact) mass is 290 g/mol.